The van der Waals surface area contributed by atoms with Crippen LogP contribution in [0.25, 0.3) is 11.1 Å². The Labute approximate surface area is 100 Å². The van der Waals surface area contributed by atoms with Gasteiger partial charge in [-0.2, -0.15) is 0 Å². The summed E-state index contributed by atoms with van der Waals surface area (Å²) in [4.78, 5) is 4.31. The second-order valence-corrected chi connectivity index (χ2v) is 4.72. The molecule has 1 aliphatic carbocycles. The van der Waals surface area contributed by atoms with Gasteiger partial charge in [0.2, 0.25) is 0 Å². The predicted octanol–water partition coefficient (Wildman–Crippen LogP) is 4.28. The molecule has 0 unspecified atom stereocenters. The van der Waals surface area contributed by atoms with Gasteiger partial charge in [0, 0.05) is 23.0 Å². The molecule has 80 valence electrons. The van der Waals surface area contributed by atoms with Crippen LogP contribution in [0.3, 0.4) is 0 Å². The predicted molar refractivity (Wildman–Crippen MR) is 66.7 cm³/mol. The highest BCUT2D eigenvalue weighted by Gasteiger charge is 2.23. The third-order valence-corrected chi connectivity index (χ3v) is 3.24. The summed E-state index contributed by atoms with van der Waals surface area (Å²) in [5.41, 5.74) is 3.73. The van der Waals surface area contributed by atoms with E-state index in [-0.39, 0.29) is 0 Å². The normalized spacial score (nSPS) is 15.1. The summed E-state index contributed by atoms with van der Waals surface area (Å²) in [7, 11) is 0. The number of hydrogen-bond acceptors (Lipinski definition) is 1. The molecule has 2 aromatic rings. The lowest BCUT2D eigenvalue weighted by Crippen LogP contribution is -1.85. The fraction of sp³-hybridized carbons (Fsp3) is 0.214. The van der Waals surface area contributed by atoms with Gasteiger partial charge < -0.3 is 0 Å². The minimum atomic E-state index is 0.750. The first-order valence-corrected chi connectivity index (χ1v) is 5.91. The molecular weight excluding hydrogens is 218 g/mol. The van der Waals surface area contributed by atoms with Crippen molar-refractivity contribution in [3.8, 4) is 11.1 Å². The maximum Gasteiger partial charge on any atom is 0.0406 e. The van der Waals surface area contributed by atoms with Crippen LogP contribution in [0, 0.1) is 0 Å². The molecule has 16 heavy (non-hydrogen) atoms. The van der Waals surface area contributed by atoms with Crippen LogP contribution in [-0.4, -0.2) is 4.98 Å². The standard InChI is InChI=1S/C14H12ClN/c15-14-5-3-11(4-6-14)13-7-12(8-16-9-13)10-1-2-10/h3-10H,1-2H2. The smallest absolute Gasteiger partial charge is 0.0406 e. The lowest BCUT2D eigenvalue weighted by atomic mass is 10.0. The van der Waals surface area contributed by atoms with Crippen molar-refractivity contribution in [3.63, 3.8) is 0 Å². The van der Waals surface area contributed by atoms with E-state index >= 15 is 0 Å². The van der Waals surface area contributed by atoms with Gasteiger partial charge in [0.15, 0.2) is 0 Å². The van der Waals surface area contributed by atoms with Crippen molar-refractivity contribution in [2.75, 3.05) is 0 Å². The average Bonchev–Trinajstić information content (AvgIpc) is 3.14. The summed E-state index contributed by atoms with van der Waals surface area (Å²) < 4.78 is 0. The molecule has 0 bridgehead atoms. The number of hydrogen-bond donors (Lipinski definition) is 0. The summed E-state index contributed by atoms with van der Waals surface area (Å²) in [6, 6.07) is 10.2. The molecule has 2 heteroatoms. The Morgan fingerprint density at radius 3 is 2.44 bits per heavy atom. The summed E-state index contributed by atoms with van der Waals surface area (Å²) in [5.74, 6) is 0.750. The topological polar surface area (TPSA) is 12.9 Å². The lowest BCUT2D eigenvalue weighted by molar-refractivity contribution is 1.09. The zero-order valence-corrected chi connectivity index (χ0v) is 9.61. The number of aromatic nitrogens is 1. The van der Waals surface area contributed by atoms with Crippen molar-refractivity contribution in [3.05, 3.63) is 53.3 Å². The Morgan fingerprint density at radius 2 is 1.75 bits per heavy atom. The van der Waals surface area contributed by atoms with Crippen LogP contribution in [0.15, 0.2) is 42.7 Å². The van der Waals surface area contributed by atoms with Crippen LogP contribution in [-0.2, 0) is 0 Å². The molecule has 1 aromatic carbocycles. The molecule has 0 saturated heterocycles. The van der Waals surface area contributed by atoms with Gasteiger partial charge in [-0.25, -0.2) is 0 Å². The van der Waals surface area contributed by atoms with E-state index in [0.29, 0.717) is 0 Å². The van der Waals surface area contributed by atoms with Gasteiger partial charge in [0.1, 0.15) is 0 Å². The SMILES string of the molecule is Clc1ccc(-c2cncc(C3CC3)c2)cc1. The highest BCUT2D eigenvalue weighted by Crippen LogP contribution is 2.40. The van der Waals surface area contributed by atoms with Crippen molar-refractivity contribution in [2.45, 2.75) is 18.8 Å². The summed E-state index contributed by atoms with van der Waals surface area (Å²) in [6.07, 6.45) is 6.52. The van der Waals surface area contributed by atoms with E-state index in [2.05, 4.69) is 11.1 Å². The van der Waals surface area contributed by atoms with Crippen LogP contribution in [0.5, 0.6) is 0 Å². The van der Waals surface area contributed by atoms with E-state index in [4.69, 9.17) is 11.6 Å². The van der Waals surface area contributed by atoms with E-state index in [0.717, 1.165) is 10.9 Å². The van der Waals surface area contributed by atoms with Crippen molar-refractivity contribution >= 4 is 11.6 Å². The van der Waals surface area contributed by atoms with Gasteiger partial charge in [0.05, 0.1) is 0 Å². The molecule has 0 atom stereocenters. The van der Waals surface area contributed by atoms with E-state index in [1.54, 1.807) is 0 Å². The largest absolute Gasteiger partial charge is 0.264 e. The van der Waals surface area contributed by atoms with E-state index < -0.39 is 0 Å². The highest BCUT2D eigenvalue weighted by atomic mass is 35.5. The number of benzene rings is 1. The highest BCUT2D eigenvalue weighted by molar-refractivity contribution is 6.30. The van der Waals surface area contributed by atoms with Crippen molar-refractivity contribution < 1.29 is 0 Å². The first kappa shape index (κ1) is 9.86. The van der Waals surface area contributed by atoms with Crippen molar-refractivity contribution in [2.24, 2.45) is 0 Å². The van der Waals surface area contributed by atoms with Gasteiger partial charge >= 0.3 is 0 Å². The molecule has 1 nitrogen and oxygen atoms in total. The molecule has 1 aliphatic rings. The van der Waals surface area contributed by atoms with Gasteiger partial charge in [-0.1, -0.05) is 23.7 Å². The third kappa shape index (κ3) is 1.96. The maximum atomic E-state index is 5.88. The molecule has 0 aliphatic heterocycles. The van der Waals surface area contributed by atoms with Crippen LogP contribution >= 0.6 is 11.6 Å². The van der Waals surface area contributed by atoms with Crippen molar-refractivity contribution in [1.82, 2.24) is 4.98 Å². The molecular formula is C14H12ClN. The second kappa shape index (κ2) is 3.91. The number of pyridine rings is 1. The summed E-state index contributed by atoms with van der Waals surface area (Å²) in [6.45, 7) is 0. The lowest BCUT2D eigenvalue weighted by Gasteiger charge is -2.04. The van der Waals surface area contributed by atoms with Gasteiger partial charge in [-0.3, -0.25) is 4.98 Å². The molecule has 1 aromatic heterocycles. The molecule has 0 amide bonds. The molecule has 1 saturated carbocycles. The minimum Gasteiger partial charge on any atom is -0.264 e. The number of rotatable bonds is 2. The fourth-order valence-corrected chi connectivity index (χ4v) is 2.02. The molecule has 1 heterocycles. The summed E-state index contributed by atoms with van der Waals surface area (Å²) in [5, 5.41) is 0.773. The second-order valence-electron chi connectivity index (χ2n) is 4.29. The Balaban J connectivity index is 1.98. The van der Waals surface area contributed by atoms with Crippen LogP contribution < -0.4 is 0 Å². The fourth-order valence-electron chi connectivity index (χ4n) is 1.90. The molecule has 0 N–H and O–H groups in total. The average molecular weight is 230 g/mol. The Morgan fingerprint density at radius 1 is 1.00 bits per heavy atom. The number of nitrogens with zero attached hydrogens (tertiary/aromatic N) is 1. The maximum absolute atomic E-state index is 5.88. The Hall–Kier alpha value is -1.34. The molecule has 1 fully saturated rings. The van der Waals surface area contributed by atoms with Crippen LogP contribution in [0.1, 0.15) is 24.3 Å². The van der Waals surface area contributed by atoms with E-state index in [1.807, 2.05) is 36.7 Å². The summed E-state index contributed by atoms with van der Waals surface area (Å²) >= 11 is 5.88. The molecule has 3 rings (SSSR count). The van der Waals surface area contributed by atoms with Crippen molar-refractivity contribution in [1.29, 1.82) is 0 Å². The third-order valence-electron chi connectivity index (χ3n) is 2.99. The monoisotopic (exact) mass is 229 g/mol. The van der Waals surface area contributed by atoms with Gasteiger partial charge in [-0.15, -0.1) is 0 Å². The van der Waals surface area contributed by atoms with E-state index in [9.17, 15) is 0 Å². The number of halogens is 1. The Bertz CT molecular complexity index is 500. The van der Waals surface area contributed by atoms with Gasteiger partial charge in [0.25, 0.3) is 0 Å². The first-order chi connectivity index (χ1) is 7.83. The van der Waals surface area contributed by atoms with Crippen LogP contribution in [0.4, 0.5) is 0 Å². The minimum absolute atomic E-state index is 0.750. The zero-order chi connectivity index (χ0) is 11.0. The Kier molecular flexibility index (Phi) is 2.41. The van der Waals surface area contributed by atoms with Gasteiger partial charge in [-0.05, 0) is 48.1 Å². The first-order valence-electron chi connectivity index (χ1n) is 5.54. The molecule has 0 radical (unpaired) electrons. The zero-order valence-electron chi connectivity index (χ0n) is 8.86. The quantitative estimate of drug-likeness (QED) is 0.749. The van der Waals surface area contributed by atoms with Crippen LogP contribution in [0.2, 0.25) is 5.02 Å². The molecule has 0 spiro atoms. The van der Waals surface area contributed by atoms with E-state index in [1.165, 1.54) is 29.5 Å².